The predicted octanol–water partition coefficient (Wildman–Crippen LogP) is 0.274. The van der Waals surface area contributed by atoms with Crippen LogP contribution in [0.15, 0.2) is 12.7 Å². The van der Waals surface area contributed by atoms with Crippen molar-refractivity contribution in [3.8, 4) is 0 Å². The highest BCUT2D eigenvalue weighted by atomic mass is 16.2. The first-order valence-electron chi connectivity index (χ1n) is 5.60. The molecule has 0 bridgehead atoms. The number of nitrogens with two attached hydrogens (primary N) is 1. The molecule has 7 heteroatoms. The van der Waals surface area contributed by atoms with Gasteiger partial charge in [0.15, 0.2) is 17.0 Å². The third-order valence-corrected chi connectivity index (χ3v) is 2.60. The van der Waals surface area contributed by atoms with Crippen LogP contribution in [0.25, 0.3) is 11.2 Å². The summed E-state index contributed by atoms with van der Waals surface area (Å²) in [6.45, 7) is 1.08. The number of aromatic nitrogens is 4. The van der Waals surface area contributed by atoms with Crippen LogP contribution < -0.4 is 11.3 Å². The van der Waals surface area contributed by atoms with Gasteiger partial charge < -0.3 is 15.1 Å². The Hall–Kier alpha value is -1.73. The lowest BCUT2D eigenvalue weighted by Crippen LogP contribution is -2.09. The van der Waals surface area contributed by atoms with Gasteiger partial charge in [-0.25, -0.2) is 20.8 Å². The van der Waals surface area contributed by atoms with Crippen molar-refractivity contribution in [3.05, 3.63) is 12.7 Å². The first kappa shape index (κ1) is 11.7. The van der Waals surface area contributed by atoms with Gasteiger partial charge in [-0.2, -0.15) is 0 Å². The smallest absolute Gasteiger partial charge is 0.171 e. The molecule has 0 aliphatic carbocycles. The number of anilines is 1. The Kier molecular flexibility index (Phi) is 3.84. The molecule has 0 atom stereocenters. The minimum Gasteiger partial charge on any atom is -0.396 e. The highest BCUT2D eigenvalue weighted by Gasteiger charge is 2.08. The van der Waals surface area contributed by atoms with Gasteiger partial charge in [0.25, 0.3) is 0 Å². The van der Waals surface area contributed by atoms with E-state index in [1.807, 2.05) is 4.57 Å². The molecule has 0 radical (unpaired) electrons. The molecule has 0 aliphatic heterocycles. The van der Waals surface area contributed by atoms with Gasteiger partial charge in [0.05, 0.1) is 6.33 Å². The standard InChI is InChI=1S/C10H16N6O/c11-15-9-8-10(13-6-12-9)16(7-14-8)4-2-1-3-5-17/h6-7,17H,1-5,11H2,(H,12,13,15). The molecule has 2 rings (SSSR count). The zero-order valence-electron chi connectivity index (χ0n) is 9.50. The number of rotatable bonds is 6. The second-order valence-corrected chi connectivity index (χ2v) is 3.76. The summed E-state index contributed by atoms with van der Waals surface area (Å²) in [7, 11) is 0. The maximum atomic E-state index is 8.70. The number of aliphatic hydroxyl groups is 1. The number of aliphatic hydroxyl groups excluding tert-OH is 1. The van der Waals surface area contributed by atoms with Gasteiger partial charge in [0.2, 0.25) is 0 Å². The molecule has 17 heavy (non-hydrogen) atoms. The minimum absolute atomic E-state index is 0.244. The third-order valence-electron chi connectivity index (χ3n) is 2.60. The number of hydrogen-bond donors (Lipinski definition) is 3. The molecule has 0 saturated heterocycles. The van der Waals surface area contributed by atoms with Crippen LogP contribution in [0.5, 0.6) is 0 Å². The van der Waals surface area contributed by atoms with Gasteiger partial charge in [-0.3, -0.25) is 0 Å². The van der Waals surface area contributed by atoms with Crippen molar-refractivity contribution >= 4 is 17.0 Å². The van der Waals surface area contributed by atoms with E-state index in [1.165, 1.54) is 6.33 Å². The molecule has 2 aromatic rings. The Morgan fingerprint density at radius 1 is 1.24 bits per heavy atom. The van der Waals surface area contributed by atoms with Crippen LogP contribution in [-0.2, 0) is 6.54 Å². The van der Waals surface area contributed by atoms with Crippen molar-refractivity contribution in [1.82, 2.24) is 19.5 Å². The zero-order valence-corrected chi connectivity index (χ0v) is 9.50. The monoisotopic (exact) mass is 236 g/mol. The number of hydrogen-bond acceptors (Lipinski definition) is 6. The second-order valence-electron chi connectivity index (χ2n) is 3.76. The summed E-state index contributed by atoms with van der Waals surface area (Å²) in [5.41, 5.74) is 3.95. The highest BCUT2D eigenvalue weighted by Crippen LogP contribution is 2.16. The van der Waals surface area contributed by atoms with Gasteiger partial charge in [-0.05, 0) is 19.3 Å². The number of hydrazine groups is 1. The molecular weight excluding hydrogens is 220 g/mol. The summed E-state index contributed by atoms with van der Waals surface area (Å²) in [6, 6.07) is 0. The lowest BCUT2D eigenvalue weighted by atomic mass is 10.2. The lowest BCUT2D eigenvalue weighted by molar-refractivity contribution is 0.282. The number of fused-ring (bicyclic) bond motifs is 1. The van der Waals surface area contributed by atoms with E-state index in [-0.39, 0.29) is 6.61 Å². The fourth-order valence-electron chi connectivity index (χ4n) is 1.72. The molecule has 0 unspecified atom stereocenters. The van der Waals surface area contributed by atoms with Crippen molar-refractivity contribution in [2.45, 2.75) is 25.8 Å². The largest absolute Gasteiger partial charge is 0.396 e. The van der Waals surface area contributed by atoms with E-state index >= 15 is 0 Å². The normalized spacial score (nSPS) is 10.9. The molecule has 0 amide bonds. The SMILES string of the molecule is NNc1ncnc2c1ncn2CCCCCO. The Morgan fingerprint density at radius 3 is 2.88 bits per heavy atom. The van der Waals surface area contributed by atoms with Crippen LogP contribution in [0, 0.1) is 0 Å². The number of nitrogens with zero attached hydrogens (tertiary/aromatic N) is 4. The van der Waals surface area contributed by atoms with Crippen molar-refractivity contribution in [1.29, 1.82) is 0 Å². The number of unbranched alkanes of at least 4 members (excludes halogenated alkanes) is 2. The molecule has 2 heterocycles. The van der Waals surface area contributed by atoms with E-state index in [9.17, 15) is 0 Å². The molecule has 0 spiro atoms. The molecule has 4 N–H and O–H groups in total. The Balaban J connectivity index is 2.13. The highest BCUT2D eigenvalue weighted by molar-refractivity contribution is 5.82. The molecule has 7 nitrogen and oxygen atoms in total. The van der Waals surface area contributed by atoms with Crippen LogP contribution in [0.2, 0.25) is 0 Å². The van der Waals surface area contributed by atoms with Gasteiger partial charge >= 0.3 is 0 Å². The van der Waals surface area contributed by atoms with E-state index in [0.29, 0.717) is 11.3 Å². The van der Waals surface area contributed by atoms with E-state index in [2.05, 4.69) is 20.4 Å². The minimum atomic E-state index is 0.244. The van der Waals surface area contributed by atoms with E-state index in [0.717, 1.165) is 31.5 Å². The van der Waals surface area contributed by atoms with E-state index in [1.54, 1.807) is 6.33 Å². The summed E-state index contributed by atoms with van der Waals surface area (Å²) >= 11 is 0. The summed E-state index contributed by atoms with van der Waals surface area (Å²) in [5.74, 6) is 5.88. The first-order valence-corrected chi connectivity index (χ1v) is 5.60. The van der Waals surface area contributed by atoms with Gasteiger partial charge in [-0.15, -0.1) is 0 Å². The molecule has 0 aliphatic rings. The lowest BCUT2D eigenvalue weighted by Gasteiger charge is -2.03. The fourth-order valence-corrected chi connectivity index (χ4v) is 1.72. The number of nitrogens with one attached hydrogen (secondary N) is 1. The fraction of sp³-hybridized carbons (Fsp3) is 0.500. The molecular formula is C10H16N6O. The Bertz CT molecular complexity index is 483. The van der Waals surface area contributed by atoms with Crippen LogP contribution >= 0.6 is 0 Å². The summed E-state index contributed by atoms with van der Waals surface area (Å²) < 4.78 is 1.97. The molecule has 92 valence electrons. The summed E-state index contributed by atoms with van der Waals surface area (Å²) in [6.07, 6.45) is 6.00. The quantitative estimate of drug-likeness (QED) is 0.378. The van der Waals surface area contributed by atoms with Gasteiger partial charge in [0, 0.05) is 13.2 Å². The van der Waals surface area contributed by atoms with Crippen LogP contribution in [0.4, 0.5) is 5.82 Å². The molecule has 2 aromatic heterocycles. The molecule has 0 aromatic carbocycles. The predicted molar refractivity (Wildman–Crippen MR) is 64.1 cm³/mol. The number of aryl methyl sites for hydroxylation is 1. The summed E-state index contributed by atoms with van der Waals surface area (Å²) in [5, 5.41) is 8.70. The van der Waals surface area contributed by atoms with E-state index < -0.39 is 0 Å². The number of nitrogen functional groups attached to an aromatic ring is 1. The maximum Gasteiger partial charge on any atom is 0.171 e. The maximum absolute atomic E-state index is 8.70. The number of imidazole rings is 1. The third kappa shape index (κ3) is 2.51. The Morgan fingerprint density at radius 2 is 2.12 bits per heavy atom. The average Bonchev–Trinajstić information content (AvgIpc) is 2.78. The van der Waals surface area contributed by atoms with E-state index in [4.69, 9.17) is 10.9 Å². The Labute approximate surface area is 98.7 Å². The summed E-state index contributed by atoms with van der Waals surface area (Å²) in [4.78, 5) is 12.4. The van der Waals surface area contributed by atoms with Crippen molar-refractivity contribution in [2.75, 3.05) is 12.0 Å². The zero-order chi connectivity index (χ0) is 12.1. The molecule has 0 saturated carbocycles. The average molecular weight is 236 g/mol. The van der Waals surface area contributed by atoms with Gasteiger partial charge in [0.1, 0.15) is 6.33 Å². The molecule has 0 fully saturated rings. The van der Waals surface area contributed by atoms with Crippen LogP contribution in [-0.4, -0.2) is 31.2 Å². The van der Waals surface area contributed by atoms with Crippen molar-refractivity contribution < 1.29 is 5.11 Å². The van der Waals surface area contributed by atoms with Crippen molar-refractivity contribution in [3.63, 3.8) is 0 Å². The van der Waals surface area contributed by atoms with Crippen molar-refractivity contribution in [2.24, 2.45) is 5.84 Å². The second kappa shape index (κ2) is 5.55. The first-order chi connectivity index (χ1) is 8.36. The van der Waals surface area contributed by atoms with Crippen LogP contribution in [0.3, 0.4) is 0 Å². The van der Waals surface area contributed by atoms with Gasteiger partial charge in [-0.1, -0.05) is 0 Å². The van der Waals surface area contributed by atoms with Crippen LogP contribution in [0.1, 0.15) is 19.3 Å². The topological polar surface area (TPSA) is 102 Å².